The van der Waals surface area contributed by atoms with E-state index in [9.17, 15) is 0 Å². The number of rotatable bonds is 9. The lowest BCUT2D eigenvalue weighted by Crippen LogP contribution is -2.02. The molecular weight excluding hydrogens is 390 g/mol. The molecule has 0 spiro atoms. The summed E-state index contributed by atoms with van der Waals surface area (Å²) in [5, 5.41) is 1.11. The number of nitrogens with zero attached hydrogens (tertiary/aromatic N) is 1. The van der Waals surface area contributed by atoms with Crippen molar-refractivity contribution in [2.45, 2.75) is 49.4 Å². The van der Waals surface area contributed by atoms with Gasteiger partial charge in [0, 0.05) is 10.5 Å². The van der Waals surface area contributed by atoms with Gasteiger partial charge in [-0.3, -0.25) is 0 Å². The molecule has 0 amide bonds. The van der Waals surface area contributed by atoms with Crippen LogP contribution in [-0.2, 0) is 6.61 Å². The highest BCUT2D eigenvalue weighted by Crippen LogP contribution is 2.45. The van der Waals surface area contributed by atoms with E-state index in [4.69, 9.17) is 13.9 Å². The summed E-state index contributed by atoms with van der Waals surface area (Å²) < 4.78 is 17.6. The average molecular weight is 418 g/mol. The number of aromatic nitrogens is 1. The summed E-state index contributed by atoms with van der Waals surface area (Å²) in [4.78, 5) is 4.46. The summed E-state index contributed by atoms with van der Waals surface area (Å²) in [6.45, 7) is 9.18. The Morgan fingerprint density at radius 3 is 2.32 bits per heavy atom. The maximum atomic E-state index is 5.95. The van der Waals surface area contributed by atoms with Crippen molar-refractivity contribution in [3.63, 3.8) is 0 Å². The standard InChI is InChI=1S/C22H27NO3S2/c1-14(2)27-22(28-15(3)4)16-10-11-19(20(12-16)24-5)25-13-21-23-17-8-6-7-9-18(17)26-21/h6-12,14-15,22H,13H2,1-5H3. The van der Waals surface area contributed by atoms with E-state index in [1.165, 1.54) is 5.56 Å². The third-order valence-electron chi connectivity index (χ3n) is 3.94. The van der Waals surface area contributed by atoms with Crippen molar-refractivity contribution in [2.75, 3.05) is 7.11 Å². The van der Waals surface area contributed by atoms with E-state index in [0.29, 0.717) is 26.7 Å². The van der Waals surface area contributed by atoms with Crippen LogP contribution in [-0.4, -0.2) is 22.6 Å². The second-order valence-electron chi connectivity index (χ2n) is 6.98. The first kappa shape index (κ1) is 20.9. The second kappa shape index (κ2) is 9.61. The molecule has 3 rings (SSSR count). The molecule has 0 aliphatic heterocycles. The number of hydrogen-bond acceptors (Lipinski definition) is 6. The van der Waals surface area contributed by atoms with Gasteiger partial charge in [0.25, 0.3) is 0 Å². The van der Waals surface area contributed by atoms with Gasteiger partial charge in [0.2, 0.25) is 5.89 Å². The topological polar surface area (TPSA) is 44.5 Å². The summed E-state index contributed by atoms with van der Waals surface area (Å²) in [5.74, 6) is 1.97. The zero-order valence-electron chi connectivity index (χ0n) is 17.0. The van der Waals surface area contributed by atoms with Crippen LogP contribution in [0.25, 0.3) is 11.1 Å². The van der Waals surface area contributed by atoms with E-state index in [2.05, 4.69) is 44.8 Å². The maximum Gasteiger partial charge on any atom is 0.233 e. The third kappa shape index (κ3) is 5.39. The number of benzene rings is 2. The Morgan fingerprint density at radius 2 is 1.68 bits per heavy atom. The van der Waals surface area contributed by atoms with Crippen molar-refractivity contribution >= 4 is 34.6 Å². The molecule has 0 aliphatic rings. The lowest BCUT2D eigenvalue weighted by molar-refractivity contribution is 0.253. The van der Waals surface area contributed by atoms with Gasteiger partial charge < -0.3 is 13.9 Å². The quantitative estimate of drug-likeness (QED) is 0.361. The molecule has 0 bridgehead atoms. The molecule has 4 nitrogen and oxygen atoms in total. The minimum absolute atomic E-state index is 0.259. The Morgan fingerprint density at radius 1 is 0.964 bits per heavy atom. The maximum absolute atomic E-state index is 5.95. The van der Waals surface area contributed by atoms with Gasteiger partial charge in [-0.05, 0) is 29.8 Å². The largest absolute Gasteiger partial charge is 0.493 e. The Kier molecular flexibility index (Phi) is 7.18. The smallest absolute Gasteiger partial charge is 0.233 e. The summed E-state index contributed by atoms with van der Waals surface area (Å²) in [5.41, 5.74) is 2.84. The molecule has 0 saturated carbocycles. The van der Waals surface area contributed by atoms with E-state index in [0.717, 1.165) is 16.8 Å². The number of hydrogen-bond donors (Lipinski definition) is 0. The van der Waals surface area contributed by atoms with Crippen LogP contribution in [0.2, 0.25) is 0 Å². The van der Waals surface area contributed by atoms with Gasteiger partial charge in [0.15, 0.2) is 23.7 Å². The minimum atomic E-state index is 0.259. The zero-order chi connectivity index (χ0) is 20.1. The number of oxazole rings is 1. The van der Waals surface area contributed by atoms with Crippen LogP contribution in [0.4, 0.5) is 0 Å². The molecule has 6 heteroatoms. The van der Waals surface area contributed by atoms with E-state index < -0.39 is 0 Å². The number of ether oxygens (including phenoxy) is 2. The monoisotopic (exact) mass is 417 g/mol. The van der Waals surface area contributed by atoms with Crippen LogP contribution in [0.15, 0.2) is 46.9 Å². The summed E-state index contributed by atoms with van der Waals surface area (Å²) >= 11 is 3.92. The molecule has 2 aromatic carbocycles. The third-order valence-corrected chi connectivity index (χ3v) is 6.73. The summed E-state index contributed by atoms with van der Waals surface area (Å²) in [6, 6.07) is 13.9. The van der Waals surface area contributed by atoms with Crippen LogP contribution < -0.4 is 9.47 Å². The summed E-state index contributed by atoms with van der Waals surface area (Å²) in [6.07, 6.45) is 0. The Bertz CT molecular complexity index is 865. The van der Waals surface area contributed by atoms with Crippen LogP contribution >= 0.6 is 23.5 Å². The van der Waals surface area contributed by atoms with Crippen LogP contribution in [0.3, 0.4) is 0 Å². The minimum Gasteiger partial charge on any atom is -0.493 e. The number of para-hydroxylation sites is 2. The molecule has 0 saturated heterocycles. The fraction of sp³-hybridized carbons (Fsp3) is 0.409. The molecule has 150 valence electrons. The first-order valence-corrected chi connectivity index (χ1v) is 11.3. The number of methoxy groups -OCH3 is 1. The van der Waals surface area contributed by atoms with E-state index in [1.54, 1.807) is 7.11 Å². The molecule has 1 heterocycles. The Hall–Kier alpha value is -1.79. The highest BCUT2D eigenvalue weighted by atomic mass is 32.2. The van der Waals surface area contributed by atoms with Crippen molar-refractivity contribution in [1.82, 2.24) is 4.98 Å². The fourth-order valence-electron chi connectivity index (χ4n) is 2.75. The van der Waals surface area contributed by atoms with Crippen molar-refractivity contribution < 1.29 is 13.9 Å². The van der Waals surface area contributed by atoms with Crippen LogP contribution in [0, 0.1) is 0 Å². The van der Waals surface area contributed by atoms with Gasteiger partial charge in [0.1, 0.15) is 5.52 Å². The Labute approximate surface area is 175 Å². The predicted molar refractivity (Wildman–Crippen MR) is 120 cm³/mol. The highest BCUT2D eigenvalue weighted by Gasteiger charge is 2.19. The molecule has 0 aliphatic carbocycles. The molecule has 0 radical (unpaired) electrons. The molecule has 0 fully saturated rings. The first-order chi connectivity index (χ1) is 13.5. The SMILES string of the molecule is COc1cc(C(SC(C)C)SC(C)C)ccc1OCc1nc2ccccc2o1. The lowest BCUT2D eigenvalue weighted by Gasteiger charge is -2.22. The molecule has 0 N–H and O–H groups in total. The van der Waals surface area contributed by atoms with Gasteiger partial charge in [-0.1, -0.05) is 45.9 Å². The van der Waals surface area contributed by atoms with Gasteiger partial charge >= 0.3 is 0 Å². The molecule has 0 atom stereocenters. The molecule has 1 aromatic heterocycles. The lowest BCUT2D eigenvalue weighted by atomic mass is 10.2. The fourth-order valence-corrected chi connectivity index (χ4v) is 5.94. The molecular formula is C22H27NO3S2. The van der Waals surface area contributed by atoms with Gasteiger partial charge in [-0.25, -0.2) is 4.98 Å². The van der Waals surface area contributed by atoms with Crippen molar-refractivity contribution in [3.8, 4) is 11.5 Å². The second-order valence-corrected chi connectivity index (χ2v) is 10.6. The van der Waals surface area contributed by atoms with Crippen molar-refractivity contribution in [3.05, 3.63) is 53.9 Å². The summed E-state index contributed by atoms with van der Waals surface area (Å²) in [7, 11) is 1.67. The predicted octanol–water partition coefficient (Wildman–Crippen LogP) is 6.70. The molecule has 0 unspecified atom stereocenters. The van der Waals surface area contributed by atoms with E-state index in [1.807, 2.05) is 53.9 Å². The van der Waals surface area contributed by atoms with E-state index >= 15 is 0 Å². The van der Waals surface area contributed by atoms with Crippen molar-refractivity contribution in [2.24, 2.45) is 0 Å². The van der Waals surface area contributed by atoms with E-state index in [-0.39, 0.29) is 6.61 Å². The number of fused-ring (bicyclic) bond motifs is 1. The molecule has 3 aromatic rings. The normalized spacial score (nSPS) is 11.7. The van der Waals surface area contributed by atoms with Crippen LogP contribution in [0.5, 0.6) is 11.5 Å². The first-order valence-electron chi connectivity index (χ1n) is 9.42. The highest BCUT2D eigenvalue weighted by molar-refractivity contribution is 8.16. The van der Waals surface area contributed by atoms with Gasteiger partial charge in [-0.15, -0.1) is 23.5 Å². The zero-order valence-corrected chi connectivity index (χ0v) is 18.6. The van der Waals surface area contributed by atoms with Crippen molar-refractivity contribution in [1.29, 1.82) is 0 Å². The average Bonchev–Trinajstić information content (AvgIpc) is 3.08. The van der Waals surface area contributed by atoms with Crippen LogP contribution in [0.1, 0.15) is 43.7 Å². The molecule has 28 heavy (non-hydrogen) atoms. The number of thioether (sulfide) groups is 2. The van der Waals surface area contributed by atoms with Gasteiger partial charge in [-0.2, -0.15) is 0 Å². The Balaban J connectivity index is 1.76. The van der Waals surface area contributed by atoms with Gasteiger partial charge in [0.05, 0.1) is 11.7 Å².